The maximum atomic E-state index is 3.59. The molecule has 2 aliphatic rings. The topological polar surface area (TPSA) is 15.3 Å². The van der Waals surface area contributed by atoms with Gasteiger partial charge in [0.15, 0.2) is 0 Å². The maximum absolute atomic E-state index is 3.59. The average molecular weight is 651 g/mol. The molecule has 8 aromatic carbocycles. The maximum Gasteiger partial charge on any atom is 0.0754 e. The van der Waals surface area contributed by atoms with Gasteiger partial charge in [0.1, 0.15) is 0 Å². The highest BCUT2D eigenvalue weighted by atomic mass is 15.2. The van der Waals surface area contributed by atoms with Crippen molar-refractivity contribution >= 4 is 28.4 Å². The van der Waals surface area contributed by atoms with E-state index in [-0.39, 0.29) is 0 Å². The number of benzene rings is 8. The van der Waals surface area contributed by atoms with E-state index in [9.17, 15) is 0 Å². The SMILES string of the molecule is c1ccc(-c2ccc(Nc3ccc(-c4ccc5c(c4)N(c4ccccc4)c4ccccc4C54c5ccccc5-c5ccccc54)cc3)cc2)cc1. The minimum Gasteiger partial charge on any atom is -0.356 e. The highest BCUT2D eigenvalue weighted by molar-refractivity contribution is 5.96. The molecule has 0 bridgehead atoms. The van der Waals surface area contributed by atoms with E-state index in [0.717, 1.165) is 17.1 Å². The zero-order valence-electron chi connectivity index (χ0n) is 28.0. The summed E-state index contributed by atoms with van der Waals surface area (Å²) in [5, 5.41) is 3.59. The zero-order valence-corrected chi connectivity index (χ0v) is 28.0. The highest BCUT2D eigenvalue weighted by Crippen LogP contribution is 2.63. The van der Waals surface area contributed by atoms with E-state index in [4.69, 9.17) is 0 Å². The van der Waals surface area contributed by atoms with Crippen LogP contribution in [0.3, 0.4) is 0 Å². The van der Waals surface area contributed by atoms with Crippen molar-refractivity contribution in [3.8, 4) is 33.4 Å². The van der Waals surface area contributed by atoms with Crippen LogP contribution in [0.5, 0.6) is 0 Å². The van der Waals surface area contributed by atoms with Gasteiger partial charge in [0.25, 0.3) is 0 Å². The van der Waals surface area contributed by atoms with Crippen molar-refractivity contribution in [3.05, 3.63) is 222 Å². The summed E-state index contributed by atoms with van der Waals surface area (Å²) >= 11 is 0. The van der Waals surface area contributed by atoms with E-state index >= 15 is 0 Å². The normalized spacial score (nSPS) is 13.2. The van der Waals surface area contributed by atoms with Crippen LogP contribution in [0.25, 0.3) is 33.4 Å². The first kappa shape index (κ1) is 29.3. The first-order chi connectivity index (χ1) is 25.3. The Bertz CT molecular complexity index is 2490. The third-order valence-electron chi connectivity index (χ3n) is 10.7. The van der Waals surface area contributed by atoms with Crippen LogP contribution in [-0.4, -0.2) is 0 Å². The molecule has 2 heteroatoms. The molecule has 240 valence electrons. The lowest BCUT2D eigenvalue weighted by atomic mass is 9.64. The molecular formula is C49H34N2. The van der Waals surface area contributed by atoms with Gasteiger partial charge in [-0.1, -0.05) is 152 Å². The molecule has 8 aromatic rings. The van der Waals surface area contributed by atoms with E-state index < -0.39 is 5.41 Å². The molecule has 0 aromatic heterocycles. The summed E-state index contributed by atoms with van der Waals surface area (Å²) in [4.78, 5) is 2.46. The lowest BCUT2D eigenvalue weighted by molar-refractivity contribution is 0.753. The molecule has 0 saturated carbocycles. The number of rotatable bonds is 5. The molecule has 51 heavy (non-hydrogen) atoms. The van der Waals surface area contributed by atoms with Crippen LogP contribution in [-0.2, 0) is 5.41 Å². The highest BCUT2D eigenvalue weighted by Gasteiger charge is 2.51. The lowest BCUT2D eigenvalue weighted by Crippen LogP contribution is -2.36. The molecule has 1 N–H and O–H groups in total. The lowest BCUT2D eigenvalue weighted by Gasteiger charge is -2.45. The fourth-order valence-corrected chi connectivity index (χ4v) is 8.43. The Morgan fingerprint density at radius 2 is 0.784 bits per heavy atom. The number of anilines is 5. The second-order valence-electron chi connectivity index (χ2n) is 13.4. The van der Waals surface area contributed by atoms with Gasteiger partial charge in [-0.15, -0.1) is 0 Å². The Morgan fingerprint density at radius 1 is 0.333 bits per heavy atom. The molecule has 1 spiro atoms. The number of fused-ring (bicyclic) bond motifs is 9. The smallest absolute Gasteiger partial charge is 0.0754 e. The van der Waals surface area contributed by atoms with Crippen LogP contribution in [0.15, 0.2) is 200 Å². The van der Waals surface area contributed by atoms with Crippen LogP contribution in [0.2, 0.25) is 0 Å². The molecule has 0 atom stereocenters. The summed E-state index contributed by atoms with van der Waals surface area (Å²) in [6, 6.07) is 72.8. The Balaban J connectivity index is 1.09. The Morgan fingerprint density at radius 3 is 1.41 bits per heavy atom. The summed E-state index contributed by atoms with van der Waals surface area (Å²) in [5.74, 6) is 0. The minimum atomic E-state index is -0.438. The molecule has 1 heterocycles. The minimum absolute atomic E-state index is 0.438. The largest absolute Gasteiger partial charge is 0.356 e. The van der Waals surface area contributed by atoms with Gasteiger partial charge >= 0.3 is 0 Å². The number of nitrogens with one attached hydrogen (secondary N) is 1. The number of hydrogen-bond donors (Lipinski definition) is 1. The molecule has 0 amide bonds. The molecule has 2 nitrogen and oxygen atoms in total. The average Bonchev–Trinajstić information content (AvgIpc) is 3.50. The molecule has 0 unspecified atom stereocenters. The molecular weight excluding hydrogens is 617 g/mol. The van der Waals surface area contributed by atoms with Crippen LogP contribution in [0.1, 0.15) is 22.3 Å². The second kappa shape index (κ2) is 11.8. The van der Waals surface area contributed by atoms with E-state index in [1.807, 2.05) is 0 Å². The van der Waals surface area contributed by atoms with Gasteiger partial charge in [0.05, 0.1) is 16.8 Å². The standard InChI is InChI=1S/C49H34N2/c1-3-13-34(14-4-1)35-23-28-38(29-24-35)50-39-30-25-36(26-31-39)37-27-32-46-48(33-37)51(40-15-5-2-6-16-40)47-22-12-11-21-45(47)49(46)43-19-9-7-17-41(43)42-18-8-10-20-44(42)49/h1-33,50H. The fourth-order valence-electron chi connectivity index (χ4n) is 8.43. The predicted molar refractivity (Wildman–Crippen MR) is 213 cm³/mol. The zero-order chi connectivity index (χ0) is 33.8. The van der Waals surface area contributed by atoms with Crippen molar-refractivity contribution in [2.45, 2.75) is 5.41 Å². The quantitative estimate of drug-likeness (QED) is 0.199. The Hall–Kier alpha value is -6.64. The summed E-state index contributed by atoms with van der Waals surface area (Å²) < 4.78 is 0. The third-order valence-corrected chi connectivity index (χ3v) is 10.7. The van der Waals surface area contributed by atoms with Gasteiger partial charge in [0.2, 0.25) is 0 Å². The van der Waals surface area contributed by atoms with Gasteiger partial charge in [0, 0.05) is 17.1 Å². The second-order valence-corrected chi connectivity index (χ2v) is 13.4. The van der Waals surface area contributed by atoms with Crippen LogP contribution in [0.4, 0.5) is 28.4 Å². The van der Waals surface area contributed by atoms with Crippen molar-refractivity contribution in [2.75, 3.05) is 10.2 Å². The Kier molecular flexibility index (Phi) is 6.75. The van der Waals surface area contributed by atoms with Gasteiger partial charge in [-0.05, 0) is 104 Å². The fraction of sp³-hybridized carbons (Fsp3) is 0.0204. The predicted octanol–water partition coefficient (Wildman–Crippen LogP) is 12.9. The summed E-state index contributed by atoms with van der Waals surface area (Å²) in [6.07, 6.45) is 0. The van der Waals surface area contributed by atoms with E-state index in [1.54, 1.807) is 0 Å². The molecule has 10 rings (SSSR count). The van der Waals surface area contributed by atoms with Crippen LogP contribution in [0, 0.1) is 0 Å². The van der Waals surface area contributed by atoms with Crippen LogP contribution >= 0.6 is 0 Å². The summed E-state index contributed by atoms with van der Waals surface area (Å²) in [5.41, 5.74) is 17.9. The van der Waals surface area contributed by atoms with E-state index in [1.165, 1.54) is 67.0 Å². The molecule has 0 saturated heterocycles. The van der Waals surface area contributed by atoms with Crippen molar-refractivity contribution < 1.29 is 0 Å². The van der Waals surface area contributed by atoms with Gasteiger partial charge in [-0.3, -0.25) is 0 Å². The van der Waals surface area contributed by atoms with Crippen molar-refractivity contribution in [3.63, 3.8) is 0 Å². The molecule has 1 aliphatic carbocycles. The first-order valence-corrected chi connectivity index (χ1v) is 17.6. The number of hydrogen-bond acceptors (Lipinski definition) is 2. The summed E-state index contributed by atoms with van der Waals surface area (Å²) in [7, 11) is 0. The first-order valence-electron chi connectivity index (χ1n) is 17.6. The third kappa shape index (κ3) is 4.57. The number of para-hydroxylation sites is 2. The molecule has 0 fully saturated rings. The molecule has 0 radical (unpaired) electrons. The molecule has 1 aliphatic heterocycles. The van der Waals surface area contributed by atoms with Gasteiger partial charge in [-0.25, -0.2) is 0 Å². The van der Waals surface area contributed by atoms with E-state index in [0.29, 0.717) is 0 Å². The number of nitrogens with zero attached hydrogens (tertiary/aromatic N) is 1. The van der Waals surface area contributed by atoms with Crippen molar-refractivity contribution in [1.82, 2.24) is 0 Å². The van der Waals surface area contributed by atoms with E-state index in [2.05, 4.69) is 210 Å². The van der Waals surface area contributed by atoms with Crippen LogP contribution < -0.4 is 10.2 Å². The summed E-state index contributed by atoms with van der Waals surface area (Å²) in [6.45, 7) is 0. The van der Waals surface area contributed by atoms with Crippen molar-refractivity contribution in [2.24, 2.45) is 0 Å². The van der Waals surface area contributed by atoms with Gasteiger partial charge < -0.3 is 10.2 Å². The van der Waals surface area contributed by atoms with Crippen molar-refractivity contribution in [1.29, 1.82) is 0 Å². The van der Waals surface area contributed by atoms with Gasteiger partial charge in [-0.2, -0.15) is 0 Å². The monoisotopic (exact) mass is 650 g/mol. The Labute approximate surface area is 298 Å².